The fourth-order valence-corrected chi connectivity index (χ4v) is 3.68. The van der Waals surface area contributed by atoms with Gasteiger partial charge in [-0.25, -0.2) is 0 Å². The van der Waals surface area contributed by atoms with Gasteiger partial charge in [-0.1, -0.05) is 32.4 Å². The second-order valence-corrected chi connectivity index (χ2v) is 9.33. The Morgan fingerprint density at radius 2 is 1.83 bits per heavy atom. The van der Waals surface area contributed by atoms with Crippen LogP contribution in [0.5, 0.6) is 5.75 Å². The molecule has 0 saturated heterocycles. The summed E-state index contributed by atoms with van der Waals surface area (Å²) in [4.78, 5) is 57.5. The number of nitrogens with zero attached hydrogens (tertiary/aromatic N) is 3. The number of carbonyl (C=O) groups excluding carboxylic acids is 4. The lowest BCUT2D eigenvalue weighted by Crippen LogP contribution is -2.54. The minimum atomic E-state index is -1.10. The topological polar surface area (TPSA) is 111 Å². The average Bonchev–Trinajstić information content (AvgIpc) is 2.83. The molecule has 0 aromatic heterocycles. The number of ether oxygens (including phenoxy) is 1. The Bertz CT molecular complexity index is 906. The van der Waals surface area contributed by atoms with Crippen LogP contribution in [0.3, 0.4) is 0 Å². The van der Waals surface area contributed by atoms with Crippen LogP contribution in [0.25, 0.3) is 0 Å². The van der Waals surface area contributed by atoms with E-state index in [2.05, 4.69) is 10.6 Å². The molecule has 10 heteroatoms. The minimum absolute atomic E-state index is 0.116. The zero-order chi connectivity index (χ0) is 26.1. The number of amides is 4. The first-order valence-corrected chi connectivity index (χ1v) is 12.0. The molecular formula is C25H39N5O5. The van der Waals surface area contributed by atoms with E-state index < -0.39 is 23.9 Å². The van der Waals surface area contributed by atoms with Crippen LogP contribution in [0.15, 0.2) is 24.3 Å². The Morgan fingerprint density at radius 1 is 1.14 bits per heavy atom. The summed E-state index contributed by atoms with van der Waals surface area (Å²) in [6.07, 6.45) is 0.393. The summed E-state index contributed by atoms with van der Waals surface area (Å²) in [6, 6.07) is 4.86. The van der Waals surface area contributed by atoms with Gasteiger partial charge in [0.05, 0.1) is 18.5 Å². The maximum atomic E-state index is 13.2. The normalized spacial score (nSPS) is 20.8. The third kappa shape index (κ3) is 7.95. The van der Waals surface area contributed by atoms with Crippen LogP contribution in [0, 0.1) is 5.92 Å². The molecule has 10 nitrogen and oxygen atoms in total. The predicted octanol–water partition coefficient (Wildman–Crippen LogP) is 0.577. The molecular weight excluding hydrogens is 450 g/mol. The molecule has 4 amide bonds. The van der Waals surface area contributed by atoms with E-state index in [1.54, 1.807) is 38.4 Å². The molecule has 1 aromatic rings. The van der Waals surface area contributed by atoms with Crippen molar-refractivity contribution in [1.82, 2.24) is 25.3 Å². The van der Waals surface area contributed by atoms with Gasteiger partial charge in [0.15, 0.2) is 0 Å². The zero-order valence-corrected chi connectivity index (χ0v) is 21.7. The monoisotopic (exact) mass is 489 g/mol. The van der Waals surface area contributed by atoms with Crippen LogP contribution in [0.4, 0.5) is 0 Å². The Kier molecular flexibility index (Phi) is 10.5. The molecule has 1 aliphatic rings. The van der Waals surface area contributed by atoms with Crippen molar-refractivity contribution in [2.75, 3.05) is 54.4 Å². The molecule has 0 bridgehead atoms. The van der Waals surface area contributed by atoms with E-state index in [0.717, 1.165) is 0 Å². The zero-order valence-electron chi connectivity index (χ0n) is 21.7. The summed E-state index contributed by atoms with van der Waals surface area (Å²) in [7, 11) is 7.09. The van der Waals surface area contributed by atoms with Gasteiger partial charge in [0.1, 0.15) is 24.4 Å². The number of fused-ring (bicyclic) bond motifs is 1. The van der Waals surface area contributed by atoms with Crippen molar-refractivity contribution in [1.29, 1.82) is 0 Å². The van der Waals surface area contributed by atoms with E-state index in [-0.39, 0.29) is 42.9 Å². The van der Waals surface area contributed by atoms with Gasteiger partial charge in [-0.2, -0.15) is 0 Å². The lowest BCUT2D eigenvalue weighted by Gasteiger charge is -2.30. The highest BCUT2D eigenvalue weighted by molar-refractivity contribution is 6.01. The van der Waals surface area contributed by atoms with Gasteiger partial charge in [-0.05, 0) is 32.1 Å². The largest absolute Gasteiger partial charge is 0.491 e. The van der Waals surface area contributed by atoms with E-state index in [4.69, 9.17) is 4.74 Å². The first-order valence-electron chi connectivity index (χ1n) is 12.0. The molecule has 0 aliphatic carbocycles. The van der Waals surface area contributed by atoms with Gasteiger partial charge in [-0.3, -0.25) is 19.2 Å². The summed E-state index contributed by atoms with van der Waals surface area (Å²) >= 11 is 0. The van der Waals surface area contributed by atoms with Gasteiger partial charge in [0.25, 0.3) is 5.91 Å². The van der Waals surface area contributed by atoms with Crippen LogP contribution < -0.4 is 15.4 Å². The lowest BCUT2D eigenvalue weighted by molar-refractivity contribution is -0.138. The molecule has 194 valence electrons. The van der Waals surface area contributed by atoms with Crippen molar-refractivity contribution in [2.24, 2.45) is 5.92 Å². The number of para-hydroxylation sites is 1. The van der Waals surface area contributed by atoms with Gasteiger partial charge < -0.3 is 30.1 Å². The van der Waals surface area contributed by atoms with Gasteiger partial charge in [-0.15, -0.1) is 0 Å². The van der Waals surface area contributed by atoms with Crippen LogP contribution >= 0.6 is 0 Å². The fraction of sp³-hybridized carbons (Fsp3) is 0.600. The number of nitrogens with one attached hydrogen (secondary N) is 2. The molecule has 35 heavy (non-hydrogen) atoms. The highest BCUT2D eigenvalue weighted by Crippen LogP contribution is 2.19. The summed E-state index contributed by atoms with van der Waals surface area (Å²) < 4.78 is 5.83. The highest BCUT2D eigenvalue weighted by Gasteiger charge is 2.32. The number of rotatable bonds is 6. The summed E-state index contributed by atoms with van der Waals surface area (Å²) in [5.41, 5.74) is 0.255. The molecule has 0 unspecified atom stereocenters. The lowest BCUT2D eigenvalue weighted by atomic mass is 9.97. The summed E-state index contributed by atoms with van der Waals surface area (Å²) in [5.74, 6) is -1.36. The molecule has 1 heterocycles. The Balaban J connectivity index is 2.40. The predicted molar refractivity (Wildman–Crippen MR) is 133 cm³/mol. The maximum absolute atomic E-state index is 13.2. The van der Waals surface area contributed by atoms with Crippen molar-refractivity contribution in [2.45, 2.75) is 38.8 Å². The van der Waals surface area contributed by atoms with Gasteiger partial charge >= 0.3 is 0 Å². The number of hydrogen-bond acceptors (Lipinski definition) is 6. The Morgan fingerprint density at radius 3 is 2.49 bits per heavy atom. The number of benzene rings is 1. The van der Waals surface area contributed by atoms with Crippen molar-refractivity contribution in [3.05, 3.63) is 29.8 Å². The number of likely N-dealkylation sites (N-methyl/N-ethyl adjacent to an activating group) is 3. The second-order valence-electron chi connectivity index (χ2n) is 9.33. The van der Waals surface area contributed by atoms with Crippen LogP contribution in [-0.2, 0) is 14.4 Å². The third-order valence-electron chi connectivity index (χ3n) is 6.24. The first-order chi connectivity index (χ1) is 16.5. The van der Waals surface area contributed by atoms with Crippen molar-refractivity contribution in [3.8, 4) is 5.75 Å². The average molecular weight is 490 g/mol. The Labute approximate surface area is 207 Å². The molecule has 0 fully saturated rings. The fourth-order valence-electron chi connectivity index (χ4n) is 3.68. The molecule has 1 aliphatic heterocycles. The Hall–Kier alpha value is -3.14. The molecule has 2 rings (SSSR count). The van der Waals surface area contributed by atoms with E-state index >= 15 is 0 Å². The number of hydrogen-bond donors (Lipinski definition) is 2. The minimum Gasteiger partial charge on any atom is -0.491 e. The number of carbonyl (C=O) groups is 4. The summed E-state index contributed by atoms with van der Waals surface area (Å²) in [5, 5.41) is 5.53. The quantitative estimate of drug-likeness (QED) is 0.605. The SMILES string of the molecule is CC[C@@H](C)[C@@H]1NC(=O)C[C@@H](C(=O)N(C)CCN(C)C)NC(=O)c2ccccc2OCCN(C)C1=O. The van der Waals surface area contributed by atoms with Crippen LogP contribution in [0.1, 0.15) is 37.0 Å². The van der Waals surface area contributed by atoms with Crippen LogP contribution in [-0.4, -0.2) is 105 Å². The van der Waals surface area contributed by atoms with E-state index in [9.17, 15) is 19.2 Å². The standard InChI is InChI=1S/C25H39N5O5/c1-7-17(2)22-25(34)30(6)14-15-35-20-11-9-8-10-18(20)23(32)26-19(16-21(31)27-22)24(33)29(5)13-12-28(3)4/h8-11,17,19,22H,7,12-16H2,1-6H3,(H,26,32)(H,27,31)/t17-,19+,22+/m1/s1. The van der Waals surface area contributed by atoms with E-state index in [1.165, 1.54) is 9.80 Å². The van der Waals surface area contributed by atoms with Crippen molar-refractivity contribution in [3.63, 3.8) is 0 Å². The van der Waals surface area contributed by atoms with Crippen molar-refractivity contribution >= 4 is 23.6 Å². The van der Waals surface area contributed by atoms with E-state index in [1.807, 2.05) is 32.8 Å². The molecule has 2 N–H and O–H groups in total. The molecule has 0 spiro atoms. The van der Waals surface area contributed by atoms with E-state index in [0.29, 0.717) is 25.3 Å². The second kappa shape index (κ2) is 13.1. The smallest absolute Gasteiger partial charge is 0.255 e. The highest BCUT2D eigenvalue weighted by atomic mass is 16.5. The third-order valence-corrected chi connectivity index (χ3v) is 6.24. The summed E-state index contributed by atoms with van der Waals surface area (Å²) in [6.45, 7) is 5.35. The molecule has 0 saturated carbocycles. The molecule has 1 aromatic carbocycles. The molecule has 0 radical (unpaired) electrons. The van der Waals surface area contributed by atoms with Crippen molar-refractivity contribution < 1.29 is 23.9 Å². The molecule has 3 atom stereocenters. The van der Waals surface area contributed by atoms with Gasteiger partial charge in [0.2, 0.25) is 17.7 Å². The van der Waals surface area contributed by atoms with Gasteiger partial charge in [0, 0.05) is 27.2 Å². The first kappa shape index (κ1) is 28.1. The van der Waals surface area contributed by atoms with Crippen LogP contribution in [0.2, 0.25) is 0 Å². The maximum Gasteiger partial charge on any atom is 0.255 e.